The van der Waals surface area contributed by atoms with Gasteiger partial charge in [0.1, 0.15) is 6.04 Å². The van der Waals surface area contributed by atoms with Crippen LogP contribution in [0.2, 0.25) is 0 Å². The van der Waals surface area contributed by atoms with Crippen LogP contribution in [0.1, 0.15) is 39.9 Å². The van der Waals surface area contributed by atoms with Gasteiger partial charge >= 0.3 is 6.18 Å². The summed E-state index contributed by atoms with van der Waals surface area (Å²) in [7, 11) is 0. The fourth-order valence-corrected chi connectivity index (χ4v) is 4.16. The molecule has 12 heteroatoms. The lowest BCUT2D eigenvalue weighted by Crippen LogP contribution is -2.52. The van der Waals surface area contributed by atoms with Crippen LogP contribution < -0.4 is 21.7 Å². The topological polar surface area (TPSA) is 117 Å². The molecule has 2 aromatic rings. The van der Waals surface area contributed by atoms with E-state index in [-0.39, 0.29) is 54.2 Å². The standard InChI is InChI=1S/C22H20F3N5O3S/c23-22(24,25)15-8-13(2-4-16(15)26)28-21(34)27-9-11-1-3-14-12(7-11)10-30(20(14)33)17-5-6-18(31)29-19(17)32/h1-4,7-8,17H,5-6,9-10,26H2,(H2,27,28,34)(H,29,31,32). The second-order valence-corrected chi connectivity index (χ2v) is 8.41. The van der Waals surface area contributed by atoms with Gasteiger partial charge < -0.3 is 21.3 Å². The van der Waals surface area contributed by atoms with E-state index in [1.54, 1.807) is 18.2 Å². The van der Waals surface area contributed by atoms with Crippen molar-refractivity contribution in [1.82, 2.24) is 15.5 Å². The molecule has 0 aliphatic carbocycles. The number of nitrogens with one attached hydrogen (secondary N) is 3. The molecule has 2 aliphatic heterocycles. The molecule has 0 aromatic heterocycles. The van der Waals surface area contributed by atoms with Crippen molar-refractivity contribution in [3.05, 3.63) is 58.7 Å². The number of benzene rings is 2. The molecule has 0 bridgehead atoms. The molecular formula is C22H20F3N5O3S. The Labute approximate surface area is 197 Å². The van der Waals surface area contributed by atoms with Gasteiger partial charge in [0, 0.05) is 36.4 Å². The second-order valence-electron chi connectivity index (χ2n) is 8.00. The van der Waals surface area contributed by atoms with Gasteiger partial charge in [0.2, 0.25) is 11.8 Å². The number of thiocarbonyl (C=S) groups is 1. The van der Waals surface area contributed by atoms with Crippen molar-refractivity contribution in [2.75, 3.05) is 11.1 Å². The molecule has 1 atom stereocenters. The van der Waals surface area contributed by atoms with E-state index < -0.39 is 23.7 Å². The first-order chi connectivity index (χ1) is 16.0. The van der Waals surface area contributed by atoms with Gasteiger partial charge in [0.25, 0.3) is 5.91 Å². The lowest BCUT2D eigenvalue weighted by atomic mass is 10.0. The maximum Gasteiger partial charge on any atom is 0.418 e. The Bertz CT molecular complexity index is 1200. The molecule has 1 saturated heterocycles. The smallest absolute Gasteiger partial charge is 0.398 e. The predicted molar refractivity (Wildman–Crippen MR) is 121 cm³/mol. The molecule has 178 valence electrons. The summed E-state index contributed by atoms with van der Waals surface area (Å²) in [4.78, 5) is 37.7. The number of carbonyl (C=O) groups excluding carboxylic acids is 3. The van der Waals surface area contributed by atoms with Crippen molar-refractivity contribution in [2.24, 2.45) is 0 Å². The maximum absolute atomic E-state index is 13.0. The number of fused-ring (bicyclic) bond motifs is 1. The number of nitrogens with zero attached hydrogens (tertiary/aromatic N) is 1. The first kappa shape index (κ1) is 23.5. The highest BCUT2D eigenvalue weighted by atomic mass is 32.1. The number of imide groups is 1. The van der Waals surface area contributed by atoms with Crippen molar-refractivity contribution in [1.29, 1.82) is 0 Å². The van der Waals surface area contributed by atoms with Crippen molar-refractivity contribution < 1.29 is 27.6 Å². The number of anilines is 2. The van der Waals surface area contributed by atoms with Crippen LogP contribution in [0.3, 0.4) is 0 Å². The summed E-state index contributed by atoms with van der Waals surface area (Å²) in [6.45, 7) is 0.495. The lowest BCUT2D eigenvalue weighted by molar-refractivity contribution is -0.138. The third kappa shape index (κ3) is 4.81. The van der Waals surface area contributed by atoms with E-state index in [9.17, 15) is 27.6 Å². The first-order valence-electron chi connectivity index (χ1n) is 10.3. The molecule has 1 unspecified atom stereocenters. The van der Waals surface area contributed by atoms with E-state index in [4.69, 9.17) is 18.0 Å². The van der Waals surface area contributed by atoms with Gasteiger partial charge in [-0.3, -0.25) is 19.7 Å². The third-order valence-corrected chi connectivity index (χ3v) is 5.90. The number of nitrogens with two attached hydrogens (primary N) is 1. The molecule has 8 nitrogen and oxygen atoms in total. The largest absolute Gasteiger partial charge is 0.418 e. The maximum atomic E-state index is 13.0. The van der Waals surface area contributed by atoms with Crippen molar-refractivity contribution in [3.63, 3.8) is 0 Å². The van der Waals surface area contributed by atoms with Crippen LogP contribution >= 0.6 is 12.2 Å². The van der Waals surface area contributed by atoms with E-state index in [1.165, 1.54) is 11.0 Å². The zero-order chi connectivity index (χ0) is 24.6. The van der Waals surface area contributed by atoms with Gasteiger partial charge in [-0.05, 0) is 54.0 Å². The number of piperidine rings is 1. The van der Waals surface area contributed by atoms with Gasteiger partial charge in [-0.15, -0.1) is 0 Å². The molecule has 0 spiro atoms. The summed E-state index contributed by atoms with van der Waals surface area (Å²) in [5.74, 6) is -1.10. The SMILES string of the molecule is Nc1ccc(NC(=S)NCc2ccc3c(c2)CN(C2CCC(=O)NC2=O)C3=O)cc1C(F)(F)F. The Morgan fingerprint density at radius 3 is 2.65 bits per heavy atom. The molecule has 2 aromatic carbocycles. The minimum absolute atomic E-state index is 0.111. The number of alkyl halides is 3. The van der Waals surface area contributed by atoms with Gasteiger partial charge in [-0.1, -0.05) is 12.1 Å². The van der Waals surface area contributed by atoms with Crippen LogP contribution in [0, 0.1) is 0 Å². The fraction of sp³-hybridized carbons (Fsp3) is 0.273. The zero-order valence-corrected chi connectivity index (χ0v) is 18.5. The molecule has 2 aliphatic rings. The quantitative estimate of drug-likeness (QED) is 0.295. The molecule has 3 amide bonds. The molecule has 4 rings (SSSR count). The van der Waals surface area contributed by atoms with Crippen LogP contribution in [0.15, 0.2) is 36.4 Å². The van der Waals surface area contributed by atoms with Crippen LogP contribution in [-0.2, 0) is 28.9 Å². The summed E-state index contributed by atoms with van der Waals surface area (Å²) in [6, 6.07) is 7.92. The highest BCUT2D eigenvalue weighted by Crippen LogP contribution is 2.35. The van der Waals surface area contributed by atoms with Crippen molar-refractivity contribution in [2.45, 2.75) is 38.1 Å². The van der Waals surface area contributed by atoms with E-state index >= 15 is 0 Å². The van der Waals surface area contributed by atoms with Gasteiger partial charge in [-0.2, -0.15) is 13.2 Å². The van der Waals surface area contributed by atoms with Crippen LogP contribution in [0.5, 0.6) is 0 Å². The van der Waals surface area contributed by atoms with Crippen LogP contribution in [0.25, 0.3) is 0 Å². The molecule has 0 saturated carbocycles. The zero-order valence-electron chi connectivity index (χ0n) is 17.7. The highest BCUT2D eigenvalue weighted by Gasteiger charge is 2.39. The van der Waals surface area contributed by atoms with Crippen LogP contribution in [0.4, 0.5) is 24.5 Å². The Kier molecular flexibility index (Phi) is 6.17. The normalized spacial score (nSPS) is 17.9. The van der Waals surface area contributed by atoms with Crippen molar-refractivity contribution in [3.8, 4) is 0 Å². The summed E-state index contributed by atoms with van der Waals surface area (Å²) in [6.07, 6.45) is -4.13. The highest BCUT2D eigenvalue weighted by molar-refractivity contribution is 7.80. The average molecular weight is 491 g/mol. The Morgan fingerprint density at radius 2 is 1.94 bits per heavy atom. The molecule has 1 fully saturated rings. The number of amides is 3. The number of halogens is 3. The molecule has 5 N–H and O–H groups in total. The van der Waals surface area contributed by atoms with Gasteiger partial charge in [0.15, 0.2) is 5.11 Å². The van der Waals surface area contributed by atoms with E-state index in [1.807, 2.05) is 0 Å². The number of hydrogen-bond donors (Lipinski definition) is 4. The minimum atomic E-state index is -4.58. The Hall–Kier alpha value is -3.67. The summed E-state index contributed by atoms with van der Waals surface area (Å²) < 4.78 is 39.1. The number of hydrogen-bond acceptors (Lipinski definition) is 5. The third-order valence-electron chi connectivity index (χ3n) is 5.66. The lowest BCUT2D eigenvalue weighted by Gasteiger charge is -2.29. The summed E-state index contributed by atoms with van der Waals surface area (Å²) in [5, 5.41) is 7.99. The Balaban J connectivity index is 1.38. The number of nitrogen functional groups attached to an aromatic ring is 1. The second kappa shape index (κ2) is 8.93. The van der Waals surface area contributed by atoms with Crippen LogP contribution in [-0.4, -0.2) is 33.8 Å². The van der Waals surface area contributed by atoms with Gasteiger partial charge in [-0.25, -0.2) is 0 Å². The minimum Gasteiger partial charge on any atom is -0.398 e. The monoisotopic (exact) mass is 491 g/mol. The summed E-state index contributed by atoms with van der Waals surface area (Å²) >= 11 is 5.18. The van der Waals surface area contributed by atoms with Gasteiger partial charge in [0.05, 0.1) is 5.56 Å². The molecule has 2 heterocycles. The van der Waals surface area contributed by atoms with Crippen molar-refractivity contribution >= 4 is 46.4 Å². The molecule has 34 heavy (non-hydrogen) atoms. The van der Waals surface area contributed by atoms with E-state index in [2.05, 4.69) is 16.0 Å². The number of rotatable bonds is 4. The number of carbonyl (C=O) groups is 3. The van der Waals surface area contributed by atoms with E-state index in [0.29, 0.717) is 5.56 Å². The predicted octanol–water partition coefficient (Wildman–Crippen LogP) is 2.54. The molecule has 0 radical (unpaired) electrons. The fourth-order valence-electron chi connectivity index (χ4n) is 3.97. The Morgan fingerprint density at radius 1 is 1.18 bits per heavy atom. The molecular weight excluding hydrogens is 471 g/mol. The van der Waals surface area contributed by atoms with E-state index in [0.717, 1.165) is 23.3 Å². The average Bonchev–Trinajstić information content (AvgIpc) is 3.08. The summed E-state index contributed by atoms with van der Waals surface area (Å²) in [5.41, 5.74) is 6.22. The first-order valence-corrected chi connectivity index (χ1v) is 10.7.